The molecule has 1 aromatic heterocycles. The number of nitrogens with zero attached hydrogens (tertiary/aromatic N) is 2. The summed E-state index contributed by atoms with van der Waals surface area (Å²) in [6.07, 6.45) is 2.51. The molecule has 104 valence electrons. The summed E-state index contributed by atoms with van der Waals surface area (Å²) in [5.74, 6) is -0.977. The van der Waals surface area contributed by atoms with Gasteiger partial charge in [-0.05, 0) is 38.1 Å². The van der Waals surface area contributed by atoms with Gasteiger partial charge in [0, 0.05) is 19.1 Å². The van der Waals surface area contributed by atoms with Crippen LogP contribution in [-0.2, 0) is 6.54 Å². The number of carboxylic acid groups (broad SMARTS) is 1. The molecule has 0 bridgehead atoms. The van der Waals surface area contributed by atoms with Gasteiger partial charge in [-0.25, -0.2) is 9.78 Å². The molecule has 0 radical (unpaired) electrons. The predicted molar refractivity (Wildman–Crippen MR) is 73.2 cm³/mol. The fourth-order valence-corrected chi connectivity index (χ4v) is 2.61. The monoisotopic (exact) mass is 263 g/mol. The topological polar surface area (TPSA) is 65.5 Å². The number of aromatic nitrogens is 1. The van der Waals surface area contributed by atoms with Gasteiger partial charge in [0.1, 0.15) is 5.69 Å². The smallest absolute Gasteiger partial charge is 0.354 e. The second kappa shape index (κ2) is 6.63. The van der Waals surface area contributed by atoms with Crippen molar-refractivity contribution in [1.29, 1.82) is 0 Å². The molecule has 1 aliphatic rings. The minimum atomic E-state index is -0.977. The largest absolute Gasteiger partial charge is 0.477 e. The lowest BCUT2D eigenvalue weighted by Crippen LogP contribution is -2.37. The molecule has 0 saturated carbocycles. The Morgan fingerprint density at radius 1 is 1.58 bits per heavy atom. The van der Waals surface area contributed by atoms with Crippen molar-refractivity contribution in [3.8, 4) is 0 Å². The highest BCUT2D eigenvalue weighted by molar-refractivity contribution is 5.85. The molecule has 0 spiro atoms. The van der Waals surface area contributed by atoms with Crippen LogP contribution in [0, 0.1) is 0 Å². The van der Waals surface area contributed by atoms with Crippen molar-refractivity contribution in [2.45, 2.75) is 32.4 Å². The molecule has 1 fully saturated rings. The number of hydrogen-bond donors (Lipinski definition) is 2. The minimum Gasteiger partial charge on any atom is -0.477 e. The third-order valence-electron chi connectivity index (χ3n) is 3.62. The molecule has 1 atom stereocenters. The van der Waals surface area contributed by atoms with Crippen LogP contribution in [0.15, 0.2) is 18.2 Å². The molecule has 19 heavy (non-hydrogen) atoms. The first-order chi connectivity index (χ1) is 9.20. The number of nitrogens with one attached hydrogen (secondary N) is 1. The van der Waals surface area contributed by atoms with Gasteiger partial charge >= 0.3 is 5.97 Å². The van der Waals surface area contributed by atoms with Crippen molar-refractivity contribution >= 4 is 5.97 Å². The van der Waals surface area contributed by atoms with Gasteiger partial charge in [0.2, 0.25) is 0 Å². The SMILES string of the molecule is CCN1CCCC1CNCc1cccc(C(=O)O)n1. The molecule has 2 N–H and O–H groups in total. The molecule has 1 aliphatic heterocycles. The number of pyridine rings is 1. The second-order valence-electron chi connectivity index (χ2n) is 4.87. The molecular weight excluding hydrogens is 242 g/mol. The number of rotatable bonds is 6. The van der Waals surface area contributed by atoms with Gasteiger partial charge in [0.25, 0.3) is 0 Å². The van der Waals surface area contributed by atoms with E-state index in [1.165, 1.54) is 25.5 Å². The maximum atomic E-state index is 10.8. The summed E-state index contributed by atoms with van der Waals surface area (Å²) in [5.41, 5.74) is 0.885. The van der Waals surface area contributed by atoms with Gasteiger partial charge < -0.3 is 10.4 Å². The summed E-state index contributed by atoms with van der Waals surface area (Å²) in [6.45, 7) is 6.03. The van der Waals surface area contributed by atoms with E-state index in [-0.39, 0.29) is 5.69 Å². The Bertz CT molecular complexity index is 436. The van der Waals surface area contributed by atoms with Crippen molar-refractivity contribution < 1.29 is 9.90 Å². The lowest BCUT2D eigenvalue weighted by atomic mass is 10.2. The van der Waals surface area contributed by atoms with Gasteiger partial charge in [-0.3, -0.25) is 4.90 Å². The molecule has 0 aromatic carbocycles. The summed E-state index contributed by atoms with van der Waals surface area (Å²) >= 11 is 0. The lowest BCUT2D eigenvalue weighted by molar-refractivity contribution is 0.0690. The van der Waals surface area contributed by atoms with Crippen molar-refractivity contribution in [3.63, 3.8) is 0 Å². The highest BCUT2D eigenvalue weighted by atomic mass is 16.4. The summed E-state index contributed by atoms with van der Waals surface area (Å²) < 4.78 is 0. The molecule has 1 unspecified atom stereocenters. The Kier molecular flexibility index (Phi) is 4.87. The first-order valence-electron chi connectivity index (χ1n) is 6.84. The highest BCUT2D eigenvalue weighted by Gasteiger charge is 2.22. The Morgan fingerprint density at radius 3 is 3.16 bits per heavy atom. The van der Waals surface area contributed by atoms with E-state index in [2.05, 4.69) is 22.1 Å². The molecular formula is C14H21N3O2. The first-order valence-corrected chi connectivity index (χ1v) is 6.84. The van der Waals surface area contributed by atoms with E-state index in [1.54, 1.807) is 6.07 Å². The van der Waals surface area contributed by atoms with E-state index in [0.717, 1.165) is 18.8 Å². The zero-order chi connectivity index (χ0) is 13.7. The van der Waals surface area contributed by atoms with Crippen LogP contribution in [0.25, 0.3) is 0 Å². The van der Waals surface area contributed by atoms with Crippen molar-refractivity contribution in [2.75, 3.05) is 19.6 Å². The molecule has 1 aromatic rings. The number of hydrogen-bond acceptors (Lipinski definition) is 4. The standard InChI is InChI=1S/C14H21N3O2/c1-2-17-8-4-6-12(17)10-15-9-11-5-3-7-13(16-11)14(18)19/h3,5,7,12,15H,2,4,6,8-10H2,1H3,(H,18,19). The van der Waals surface area contributed by atoms with Gasteiger partial charge in [0.05, 0.1) is 5.69 Å². The fraction of sp³-hybridized carbons (Fsp3) is 0.571. The Labute approximate surface area is 113 Å². The van der Waals surface area contributed by atoms with Crippen molar-refractivity contribution in [2.24, 2.45) is 0 Å². The highest BCUT2D eigenvalue weighted by Crippen LogP contribution is 2.15. The minimum absolute atomic E-state index is 0.107. The van der Waals surface area contributed by atoms with Crippen LogP contribution in [0.2, 0.25) is 0 Å². The van der Waals surface area contributed by atoms with Gasteiger partial charge in [-0.2, -0.15) is 0 Å². The lowest BCUT2D eigenvalue weighted by Gasteiger charge is -2.22. The van der Waals surface area contributed by atoms with Gasteiger partial charge in [-0.15, -0.1) is 0 Å². The summed E-state index contributed by atoms with van der Waals surface area (Å²) in [4.78, 5) is 17.4. The van der Waals surface area contributed by atoms with Gasteiger partial charge in [0.15, 0.2) is 0 Å². The third kappa shape index (κ3) is 3.75. The third-order valence-corrected chi connectivity index (χ3v) is 3.62. The first kappa shape index (κ1) is 14.0. The number of carboxylic acids is 1. The fourth-order valence-electron chi connectivity index (χ4n) is 2.61. The Balaban J connectivity index is 1.82. The molecule has 2 rings (SSSR count). The van der Waals surface area contributed by atoms with Gasteiger partial charge in [-0.1, -0.05) is 13.0 Å². The average Bonchev–Trinajstić information content (AvgIpc) is 2.86. The van der Waals surface area contributed by atoms with Crippen LogP contribution < -0.4 is 5.32 Å². The number of carbonyl (C=O) groups is 1. The number of aromatic carboxylic acids is 1. The van der Waals surface area contributed by atoms with Crippen LogP contribution >= 0.6 is 0 Å². The van der Waals surface area contributed by atoms with E-state index in [9.17, 15) is 4.79 Å². The second-order valence-corrected chi connectivity index (χ2v) is 4.87. The molecule has 5 heteroatoms. The van der Waals surface area contributed by atoms with E-state index >= 15 is 0 Å². The molecule has 2 heterocycles. The number of likely N-dealkylation sites (N-methyl/N-ethyl adjacent to an activating group) is 1. The van der Waals surface area contributed by atoms with Crippen LogP contribution in [0.1, 0.15) is 35.9 Å². The quantitative estimate of drug-likeness (QED) is 0.811. The van der Waals surface area contributed by atoms with Crippen molar-refractivity contribution in [3.05, 3.63) is 29.6 Å². The maximum absolute atomic E-state index is 10.8. The van der Waals surface area contributed by atoms with Crippen LogP contribution in [0.3, 0.4) is 0 Å². The Morgan fingerprint density at radius 2 is 2.42 bits per heavy atom. The molecule has 5 nitrogen and oxygen atoms in total. The van der Waals surface area contributed by atoms with Crippen molar-refractivity contribution in [1.82, 2.24) is 15.2 Å². The van der Waals surface area contributed by atoms with E-state index in [0.29, 0.717) is 12.6 Å². The zero-order valence-electron chi connectivity index (χ0n) is 11.3. The summed E-state index contributed by atoms with van der Waals surface area (Å²) in [6, 6.07) is 5.71. The Hall–Kier alpha value is -1.46. The predicted octanol–water partition coefficient (Wildman–Crippen LogP) is 1.35. The summed E-state index contributed by atoms with van der Waals surface area (Å²) in [5, 5.41) is 12.3. The molecule has 0 amide bonds. The number of likely N-dealkylation sites (tertiary alicyclic amines) is 1. The molecule has 0 aliphatic carbocycles. The van der Waals surface area contributed by atoms with Crippen LogP contribution in [0.5, 0.6) is 0 Å². The van der Waals surface area contributed by atoms with Crippen LogP contribution in [-0.4, -0.2) is 46.6 Å². The van der Waals surface area contributed by atoms with E-state index in [1.807, 2.05) is 6.07 Å². The zero-order valence-corrected chi connectivity index (χ0v) is 11.3. The van der Waals surface area contributed by atoms with Crippen LogP contribution in [0.4, 0.5) is 0 Å². The van der Waals surface area contributed by atoms with E-state index < -0.39 is 5.97 Å². The van der Waals surface area contributed by atoms with E-state index in [4.69, 9.17) is 5.11 Å². The molecule has 1 saturated heterocycles. The maximum Gasteiger partial charge on any atom is 0.354 e. The normalized spacial score (nSPS) is 19.7. The average molecular weight is 263 g/mol. The summed E-state index contributed by atoms with van der Waals surface area (Å²) in [7, 11) is 0.